The molecule has 3 N–H and O–H groups in total. The van der Waals surface area contributed by atoms with Crippen LogP contribution >= 0.6 is 23.2 Å². The van der Waals surface area contributed by atoms with Gasteiger partial charge in [-0.05, 0) is 24.6 Å². The summed E-state index contributed by atoms with van der Waals surface area (Å²) in [5.74, 6) is 2.59. The maximum atomic E-state index is 6.10. The van der Waals surface area contributed by atoms with Gasteiger partial charge in [0, 0.05) is 22.6 Å². The summed E-state index contributed by atoms with van der Waals surface area (Å²) in [5.41, 5.74) is 6.60. The molecule has 4 heteroatoms. The Kier molecular flexibility index (Phi) is 5.11. The van der Waals surface area contributed by atoms with Crippen LogP contribution in [0.5, 0.6) is 0 Å². The number of hydrogen-bond donors (Lipinski definition) is 2. The van der Waals surface area contributed by atoms with Gasteiger partial charge in [-0.2, -0.15) is 0 Å². The van der Waals surface area contributed by atoms with E-state index in [0.29, 0.717) is 16.6 Å². The lowest BCUT2D eigenvalue weighted by atomic mass is 10.1. The van der Waals surface area contributed by atoms with Gasteiger partial charge < -0.3 is 5.73 Å². The summed E-state index contributed by atoms with van der Waals surface area (Å²) in [6, 6.07) is 5.23. The van der Waals surface area contributed by atoms with E-state index in [0.717, 1.165) is 5.56 Å². The van der Waals surface area contributed by atoms with Crippen LogP contribution in [0.15, 0.2) is 18.2 Å². The predicted octanol–water partition coefficient (Wildman–Crippen LogP) is 2.60. The van der Waals surface area contributed by atoms with Crippen LogP contribution in [-0.4, -0.2) is 12.6 Å². The summed E-state index contributed by atoms with van der Waals surface area (Å²) >= 11 is 11.9. The highest BCUT2D eigenvalue weighted by atomic mass is 35.5. The van der Waals surface area contributed by atoms with E-state index in [1.807, 2.05) is 13.0 Å². The van der Waals surface area contributed by atoms with Crippen molar-refractivity contribution in [2.24, 2.45) is 5.73 Å². The van der Waals surface area contributed by atoms with Crippen molar-refractivity contribution in [1.29, 1.82) is 0 Å². The Morgan fingerprint density at radius 1 is 1.50 bits per heavy atom. The minimum atomic E-state index is -0.0594. The molecular formula is C12H14Cl2N2. The molecule has 1 aromatic rings. The third-order valence-electron chi connectivity index (χ3n) is 2.27. The average Bonchev–Trinajstić information content (AvgIpc) is 2.26. The van der Waals surface area contributed by atoms with E-state index in [4.69, 9.17) is 35.4 Å². The normalized spacial score (nSPS) is 14.2. The molecule has 0 aliphatic heterocycles. The van der Waals surface area contributed by atoms with Crippen LogP contribution in [0.2, 0.25) is 10.0 Å². The highest BCUT2D eigenvalue weighted by Gasteiger charge is 2.14. The topological polar surface area (TPSA) is 38.0 Å². The van der Waals surface area contributed by atoms with E-state index in [1.165, 1.54) is 0 Å². The van der Waals surface area contributed by atoms with Crippen LogP contribution in [0.1, 0.15) is 18.5 Å². The van der Waals surface area contributed by atoms with Crippen molar-refractivity contribution >= 4 is 23.2 Å². The Morgan fingerprint density at radius 2 is 2.19 bits per heavy atom. The van der Waals surface area contributed by atoms with Gasteiger partial charge in [0.1, 0.15) is 0 Å². The monoisotopic (exact) mass is 256 g/mol. The summed E-state index contributed by atoms with van der Waals surface area (Å²) in [7, 11) is 0. The third-order valence-corrected chi connectivity index (χ3v) is 2.84. The largest absolute Gasteiger partial charge is 0.329 e. The minimum absolute atomic E-state index is 0.0553. The highest BCUT2D eigenvalue weighted by Crippen LogP contribution is 2.26. The van der Waals surface area contributed by atoms with Gasteiger partial charge in [-0.3, -0.25) is 5.32 Å². The van der Waals surface area contributed by atoms with Crippen LogP contribution in [0.25, 0.3) is 0 Å². The van der Waals surface area contributed by atoms with E-state index in [1.54, 1.807) is 12.1 Å². The van der Waals surface area contributed by atoms with E-state index in [2.05, 4.69) is 11.2 Å². The van der Waals surface area contributed by atoms with E-state index >= 15 is 0 Å². The quantitative estimate of drug-likeness (QED) is 0.814. The molecule has 0 heterocycles. The van der Waals surface area contributed by atoms with E-state index in [9.17, 15) is 0 Å². The number of hydrogen-bond acceptors (Lipinski definition) is 2. The van der Waals surface area contributed by atoms with Crippen LogP contribution in [0.4, 0.5) is 0 Å². The van der Waals surface area contributed by atoms with Gasteiger partial charge in [-0.25, -0.2) is 0 Å². The lowest BCUT2D eigenvalue weighted by molar-refractivity contribution is 0.518. The molecule has 0 fully saturated rings. The first-order valence-electron chi connectivity index (χ1n) is 4.95. The molecule has 0 aromatic heterocycles. The summed E-state index contributed by atoms with van der Waals surface area (Å²) in [4.78, 5) is 0. The molecule has 0 saturated carbocycles. The number of rotatable bonds is 4. The molecule has 16 heavy (non-hydrogen) atoms. The summed E-state index contributed by atoms with van der Waals surface area (Å²) in [5, 5.41) is 4.41. The smallest absolute Gasteiger partial charge is 0.0663 e. The number of terminal acetylenes is 1. The Morgan fingerprint density at radius 3 is 2.69 bits per heavy atom. The fourth-order valence-corrected chi connectivity index (χ4v) is 1.96. The zero-order valence-corrected chi connectivity index (χ0v) is 10.5. The number of halogens is 2. The number of nitrogens with one attached hydrogen (secondary N) is 1. The maximum absolute atomic E-state index is 6.10. The first-order valence-corrected chi connectivity index (χ1v) is 5.71. The molecule has 0 spiro atoms. The van der Waals surface area contributed by atoms with Crippen molar-refractivity contribution in [3.63, 3.8) is 0 Å². The molecule has 2 atom stereocenters. The molecule has 0 amide bonds. The van der Waals surface area contributed by atoms with Crippen LogP contribution in [-0.2, 0) is 0 Å². The third kappa shape index (κ3) is 3.40. The first-order chi connectivity index (χ1) is 7.58. The van der Waals surface area contributed by atoms with Crippen LogP contribution in [0, 0.1) is 12.3 Å². The zero-order valence-electron chi connectivity index (χ0n) is 9.00. The Bertz CT molecular complexity index is 398. The molecule has 86 valence electrons. The molecule has 0 aliphatic carbocycles. The first kappa shape index (κ1) is 13.3. The summed E-state index contributed by atoms with van der Waals surface area (Å²) in [6.45, 7) is 2.32. The molecule has 2 nitrogen and oxygen atoms in total. The van der Waals surface area contributed by atoms with E-state index in [-0.39, 0.29) is 12.1 Å². The van der Waals surface area contributed by atoms with E-state index < -0.39 is 0 Å². The van der Waals surface area contributed by atoms with Gasteiger partial charge in [-0.15, -0.1) is 6.42 Å². The second kappa shape index (κ2) is 6.12. The Labute approximate surface area is 106 Å². The molecule has 0 aliphatic rings. The van der Waals surface area contributed by atoms with Crippen LogP contribution in [0.3, 0.4) is 0 Å². The summed E-state index contributed by atoms with van der Waals surface area (Å²) < 4.78 is 0. The fourth-order valence-electron chi connectivity index (χ4n) is 1.42. The van der Waals surface area contributed by atoms with Gasteiger partial charge in [0.25, 0.3) is 0 Å². The molecule has 0 bridgehead atoms. The minimum Gasteiger partial charge on any atom is -0.329 e. The van der Waals surface area contributed by atoms with Gasteiger partial charge in [0.15, 0.2) is 0 Å². The predicted molar refractivity (Wildman–Crippen MR) is 69.7 cm³/mol. The molecule has 0 saturated heterocycles. The standard InChI is InChI=1S/C12H14Cl2N2/c1-3-8(2)16-12(7-15)10-5-4-9(13)6-11(10)14/h1,4-6,8,12,16H,7,15H2,2H3. The maximum Gasteiger partial charge on any atom is 0.0663 e. The highest BCUT2D eigenvalue weighted by molar-refractivity contribution is 6.35. The second-order valence-electron chi connectivity index (χ2n) is 3.51. The van der Waals surface area contributed by atoms with Crippen LogP contribution < -0.4 is 11.1 Å². The SMILES string of the molecule is C#CC(C)NC(CN)c1ccc(Cl)cc1Cl. The lowest BCUT2D eigenvalue weighted by Crippen LogP contribution is -2.34. The van der Waals surface area contributed by atoms with Gasteiger partial charge in [0.05, 0.1) is 6.04 Å². The molecule has 2 unspecified atom stereocenters. The molecule has 1 rings (SSSR count). The van der Waals surface area contributed by atoms with Gasteiger partial charge in [0.2, 0.25) is 0 Å². The second-order valence-corrected chi connectivity index (χ2v) is 4.35. The van der Waals surface area contributed by atoms with Gasteiger partial charge >= 0.3 is 0 Å². The van der Waals surface area contributed by atoms with Crippen molar-refractivity contribution in [2.45, 2.75) is 19.0 Å². The molecule has 0 radical (unpaired) electrons. The van der Waals surface area contributed by atoms with Gasteiger partial charge in [-0.1, -0.05) is 35.2 Å². The van der Waals surface area contributed by atoms with Crippen molar-refractivity contribution in [1.82, 2.24) is 5.32 Å². The lowest BCUT2D eigenvalue weighted by Gasteiger charge is -2.20. The Hall–Kier alpha value is -0.720. The van der Waals surface area contributed by atoms with Crippen molar-refractivity contribution in [2.75, 3.05) is 6.54 Å². The molecular weight excluding hydrogens is 243 g/mol. The van der Waals surface area contributed by atoms with Crippen molar-refractivity contribution in [3.05, 3.63) is 33.8 Å². The zero-order chi connectivity index (χ0) is 12.1. The number of benzene rings is 1. The fraction of sp³-hybridized carbons (Fsp3) is 0.333. The van der Waals surface area contributed by atoms with Crippen molar-refractivity contribution in [3.8, 4) is 12.3 Å². The molecule has 1 aromatic carbocycles. The number of nitrogens with two attached hydrogens (primary N) is 1. The summed E-state index contributed by atoms with van der Waals surface area (Å²) in [6.07, 6.45) is 5.31. The average molecular weight is 257 g/mol. The Balaban J connectivity index is 2.91. The van der Waals surface area contributed by atoms with Crippen molar-refractivity contribution < 1.29 is 0 Å².